The van der Waals surface area contributed by atoms with Gasteiger partial charge in [0.05, 0.1) is 5.51 Å². The molecule has 1 aliphatic heterocycles. The van der Waals surface area contributed by atoms with Crippen molar-refractivity contribution >= 4 is 17.2 Å². The van der Waals surface area contributed by atoms with Gasteiger partial charge in [-0.05, 0) is 12.8 Å². The Bertz CT molecular complexity index is 403. The number of piperidine rings is 1. The number of likely N-dealkylation sites (tertiary alicyclic amines) is 1. The van der Waals surface area contributed by atoms with Crippen molar-refractivity contribution in [2.24, 2.45) is 5.41 Å². The Labute approximate surface area is 119 Å². The molecule has 4 nitrogen and oxygen atoms in total. The van der Waals surface area contributed by atoms with Gasteiger partial charge < -0.3 is 10.2 Å². The summed E-state index contributed by atoms with van der Waals surface area (Å²) in [5.41, 5.74) is 1.60. The van der Waals surface area contributed by atoms with Crippen molar-refractivity contribution in [2.45, 2.75) is 46.2 Å². The van der Waals surface area contributed by atoms with Crippen LogP contribution in [-0.4, -0.2) is 34.9 Å². The molecule has 0 aliphatic carbocycles. The second kappa shape index (κ2) is 6.01. The van der Waals surface area contributed by atoms with Crippen LogP contribution in [0.1, 0.15) is 38.5 Å². The van der Waals surface area contributed by atoms with E-state index in [-0.39, 0.29) is 11.3 Å². The van der Waals surface area contributed by atoms with E-state index in [9.17, 15) is 4.79 Å². The SMILES string of the molecule is CC(C)(C)C(=O)N1CCC(NCc2cncs2)CC1. The van der Waals surface area contributed by atoms with Crippen molar-refractivity contribution in [1.82, 2.24) is 15.2 Å². The van der Waals surface area contributed by atoms with Crippen LogP contribution in [0.4, 0.5) is 0 Å². The van der Waals surface area contributed by atoms with E-state index in [4.69, 9.17) is 0 Å². The summed E-state index contributed by atoms with van der Waals surface area (Å²) in [6, 6.07) is 0.520. The van der Waals surface area contributed by atoms with Gasteiger partial charge >= 0.3 is 0 Å². The topological polar surface area (TPSA) is 45.2 Å². The van der Waals surface area contributed by atoms with Crippen molar-refractivity contribution in [1.29, 1.82) is 0 Å². The number of hydrogen-bond acceptors (Lipinski definition) is 4. The molecule has 19 heavy (non-hydrogen) atoms. The number of carbonyl (C=O) groups excluding carboxylic acids is 1. The third-order valence-electron chi connectivity index (χ3n) is 3.47. The maximum absolute atomic E-state index is 12.2. The quantitative estimate of drug-likeness (QED) is 0.924. The first-order valence-corrected chi connectivity index (χ1v) is 7.75. The highest BCUT2D eigenvalue weighted by Crippen LogP contribution is 2.21. The van der Waals surface area contributed by atoms with Crippen molar-refractivity contribution in [3.8, 4) is 0 Å². The molecule has 2 heterocycles. The number of thiazole rings is 1. The van der Waals surface area contributed by atoms with E-state index < -0.39 is 0 Å². The van der Waals surface area contributed by atoms with Crippen LogP contribution in [0.15, 0.2) is 11.7 Å². The first-order valence-electron chi connectivity index (χ1n) is 6.87. The predicted octanol–water partition coefficient (Wildman–Crippen LogP) is 2.27. The average molecular weight is 281 g/mol. The zero-order valence-corrected chi connectivity index (χ0v) is 12.8. The monoisotopic (exact) mass is 281 g/mol. The molecule has 0 unspecified atom stereocenters. The molecule has 106 valence electrons. The minimum Gasteiger partial charge on any atom is -0.342 e. The van der Waals surface area contributed by atoms with Crippen LogP contribution in [0.5, 0.6) is 0 Å². The molecule has 0 radical (unpaired) electrons. The number of amides is 1. The van der Waals surface area contributed by atoms with Crippen molar-refractivity contribution in [3.05, 3.63) is 16.6 Å². The Morgan fingerprint density at radius 2 is 2.16 bits per heavy atom. The van der Waals surface area contributed by atoms with Crippen LogP contribution in [0.25, 0.3) is 0 Å². The first-order chi connectivity index (χ1) is 8.97. The van der Waals surface area contributed by atoms with E-state index in [1.165, 1.54) is 4.88 Å². The van der Waals surface area contributed by atoms with Crippen LogP contribution in [0.3, 0.4) is 0 Å². The molecule has 0 atom stereocenters. The Morgan fingerprint density at radius 1 is 1.47 bits per heavy atom. The third kappa shape index (κ3) is 4.01. The smallest absolute Gasteiger partial charge is 0.227 e. The summed E-state index contributed by atoms with van der Waals surface area (Å²) in [7, 11) is 0. The van der Waals surface area contributed by atoms with E-state index in [0.29, 0.717) is 6.04 Å². The summed E-state index contributed by atoms with van der Waals surface area (Å²) >= 11 is 1.68. The van der Waals surface area contributed by atoms with Gasteiger partial charge in [-0.15, -0.1) is 11.3 Å². The Hall–Kier alpha value is -0.940. The molecule has 1 saturated heterocycles. The van der Waals surface area contributed by atoms with Gasteiger partial charge in [0.15, 0.2) is 0 Å². The van der Waals surface area contributed by atoms with Crippen LogP contribution in [0, 0.1) is 5.41 Å². The molecule has 1 aromatic heterocycles. The fourth-order valence-corrected chi connectivity index (χ4v) is 2.88. The number of hydrogen-bond donors (Lipinski definition) is 1. The minimum atomic E-state index is -0.261. The fraction of sp³-hybridized carbons (Fsp3) is 0.714. The molecule has 0 spiro atoms. The van der Waals surface area contributed by atoms with Gasteiger partial charge in [0.2, 0.25) is 5.91 Å². The third-order valence-corrected chi connectivity index (χ3v) is 4.25. The maximum Gasteiger partial charge on any atom is 0.227 e. The van der Waals surface area contributed by atoms with E-state index in [1.807, 2.05) is 37.4 Å². The number of carbonyl (C=O) groups is 1. The highest BCUT2D eigenvalue weighted by molar-refractivity contribution is 7.09. The number of rotatable bonds is 3. The Morgan fingerprint density at radius 3 is 2.68 bits per heavy atom. The average Bonchev–Trinajstić information content (AvgIpc) is 2.88. The molecule has 0 saturated carbocycles. The normalized spacial score (nSPS) is 17.7. The van der Waals surface area contributed by atoms with E-state index in [0.717, 1.165) is 32.5 Å². The summed E-state index contributed by atoms with van der Waals surface area (Å²) in [6.45, 7) is 8.60. The van der Waals surface area contributed by atoms with Crippen LogP contribution < -0.4 is 5.32 Å². The number of nitrogens with zero attached hydrogens (tertiary/aromatic N) is 2. The van der Waals surface area contributed by atoms with Crippen LogP contribution in [-0.2, 0) is 11.3 Å². The lowest BCUT2D eigenvalue weighted by molar-refractivity contribution is -0.140. The van der Waals surface area contributed by atoms with Crippen LogP contribution >= 0.6 is 11.3 Å². The maximum atomic E-state index is 12.2. The molecule has 1 N–H and O–H groups in total. The zero-order valence-electron chi connectivity index (χ0n) is 12.0. The van der Waals surface area contributed by atoms with E-state index in [1.54, 1.807) is 11.3 Å². The predicted molar refractivity (Wildman–Crippen MR) is 78.0 cm³/mol. The first kappa shape index (κ1) is 14.5. The molecule has 0 aromatic carbocycles. The Kier molecular flexibility index (Phi) is 4.58. The van der Waals surface area contributed by atoms with Gasteiger partial charge in [-0.2, -0.15) is 0 Å². The van der Waals surface area contributed by atoms with Gasteiger partial charge in [-0.3, -0.25) is 9.78 Å². The molecular formula is C14H23N3OS. The fourth-order valence-electron chi connectivity index (χ4n) is 2.34. The van der Waals surface area contributed by atoms with Crippen molar-refractivity contribution < 1.29 is 4.79 Å². The second-order valence-corrected chi connectivity index (χ2v) is 7.14. The molecule has 1 aliphatic rings. The molecule has 0 bridgehead atoms. The highest BCUT2D eigenvalue weighted by Gasteiger charge is 2.30. The van der Waals surface area contributed by atoms with Crippen molar-refractivity contribution in [2.75, 3.05) is 13.1 Å². The lowest BCUT2D eigenvalue weighted by Gasteiger charge is -2.36. The highest BCUT2D eigenvalue weighted by atomic mass is 32.1. The van der Waals surface area contributed by atoms with Crippen LogP contribution in [0.2, 0.25) is 0 Å². The van der Waals surface area contributed by atoms with Crippen molar-refractivity contribution in [3.63, 3.8) is 0 Å². The van der Waals surface area contributed by atoms with Gasteiger partial charge in [0, 0.05) is 42.2 Å². The van der Waals surface area contributed by atoms with Gasteiger partial charge in [0.1, 0.15) is 0 Å². The summed E-state index contributed by atoms with van der Waals surface area (Å²) in [5.74, 6) is 0.272. The number of aromatic nitrogens is 1. The standard InChI is InChI=1S/C14H23N3OS/c1-14(2,3)13(18)17-6-4-11(5-7-17)16-9-12-8-15-10-19-12/h8,10-11,16H,4-7,9H2,1-3H3. The molecule has 5 heteroatoms. The largest absolute Gasteiger partial charge is 0.342 e. The summed E-state index contributed by atoms with van der Waals surface area (Å²) in [5, 5.41) is 3.55. The molecule has 1 aromatic rings. The second-order valence-electron chi connectivity index (χ2n) is 6.17. The van der Waals surface area contributed by atoms with Gasteiger partial charge in [-0.1, -0.05) is 20.8 Å². The van der Waals surface area contributed by atoms with E-state index >= 15 is 0 Å². The summed E-state index contributed by atoms with van der Waals surface area (Å²) in [4.78, 5) is 19.5. The van der Waals surface area contributed by atoms with E-state index in [2.05, 4.69) is 10.3 Å². The van der Waals surface area contributed by atoms with Gasteiger partial charge in [0.25, 0.3) is 0 Å². The molecule has 1 fully saturated rings. The molecular weight excluding hydrogens is 258 g/mol. The minimum absolute atomic E-state index is 0.261. The molecule has 1 amide bonds. The summed E-state index contributed by atoms with van der Waals surface area (Å²) in [6.07, 6.45) is 4.00. The molecule has 2 rings (SSSR count). The lowest BCUT2D eigenvalue weighted by atomic mass is 9.93. The Balaban J connectivity index is 1.75. The summed E-state index contributed by atoms with van der Waals surface area (Å²) < 4.78 is 0. The zero-order chi connectivity index (χ0) is 13.9. The lowest BCUT2D eigenvalue weighted by Crippen LogP contribution is -2.48. The number of nitrogens with one attached hydrogen (secondary N) is 1. The van der Waals surface area contributed by atoms with Gasteiger partial charge in [-0.25, -0.2) is 0 Å².